The number of hydrogen-bond donors (Lipinski definition) is 1. The molecule has 2 heteroatoms. The van der Waals surface area contributed by atoms with Crippen molar-refractivity contribution in [2.75, 3.05) is 13.6 Å². The highest BCUT2D eigenvalue weighted by atomic mass is 19.1. The van der Waals surface area contributed by atoms with E-state index in [2.05, 4.69) is 5.32 Å². The van der Waals surface area contributed by atoms with Crippen molar-refractivity contribution in [1.82, 2.24) is 5.32 Å². The number of benzene rings is 1. The minimum absolute atomic E-state index is 0.0513. The van der Waals surface area contributed by atoms with E-state index in [0.29, 0.717) is 11.8 Å². The molecule has 0 radical (unpaired) electrons. The second-order valence-corrected chi connectivity index (χ2v) is 4.38. The highest BCUT2D eigenvalue weighted by Gasteiger charge is 2.29. The molecule has 1 aliphatic rings. The molecule has 1 unspecified atom stereocenters. The Kier molecular flexibility index (Phi) is 3.37. The molecular formula is C13H18FN. The molecule has 1 N–H and O–H groups in total. The smallest absolute Gasteiger partial charge is 0.126 e. The zero-order valence-corrected chi connectivity index (χ0v) is 9.17. The Labute approximate surface area is 90.7 Å². The van der Waals surface area contributed by atoms with Crippen molar-refractivity contribution in [3.8, 4) is 0 Å². The van der Waals surface area contributed by atoms with E-state index in [0.717, 1.165) is 12.1 Å². The van der Waals surface area contributed by atoms with Crippen LogP contribution in [0.2, 0.25) is 0 Å². The predicted octanol–water partition coefficient (Wildman–Crippen LogP) is 2.93. The fourth-order valence-electron chi connectivity index (χ4n) is 2.37. The maximum atomic E-state index is 13.7. The Bertz CT molecular complexity index is 320. The van der Waals surface area contributed by atoms with E-state index in [1.807, 2.05) is 19.2 Å². The average molecular weight is 207 g/mol. The molecule has 0 bridgehead atoms. The van der Waals surface area contributed by atoms with Gasteiger partial charge < -0.3 is 5.32 Å². The minimum atomic E-state index is -0.0513. The molecule has 1 atom stereocenters. The first-order chi connectivity index (χ1) is 7.33. The molecule has 0 aliphatic heterocycles. The molecule has 1 nitrogen and oxygen atoms in total. The van der Waals surface area contributed by atoms with Crippen LogP contribution in [-0.4, -0.2) is 13.6 Å². The highest BCUT2D eigenvalue weighted by Crippen LogP contribution is 2.39. The Hall–Kier alpha value is -0.890. The van der Waals surface area contributed by atoms with Gasteiger partial charge in [-0.1, -0.05) is 24.6 Å². The van der Waals surface area contributed by atoms with Crippen LogP contribution in [0.25, 0.3) is 0 Å². The van der Waals surface area contributed by atoms with Gasteiger partial charge in [0.1, 0.15) is 5.82 Å². The largest absolute Gasteiger partial charge is 0.319 e. The second-order valence-electron chi connectivity index (χ2n) is 4.38. The maximum Gasteiger partial charge on any atom is 0.126 e. The van der Waals surface area contributed by atoms with Gasteiger partial charge in [-0.05, 0) is 37.4 Å². The van der Waals surface area contributed by atoms with Crippen LogP contribution < -0.4 is 5.32 Å². The molecule has 0 amide bonds. The lowest BCUT2D eigenvalue weighted by molar-refractivity contribution is 0.253. The van der Waals surface area contributed by atoms with Gasteiger partial charge >= 0.3 is 0 Å². The third-order valence-corrected chi connectivity index (χ3v) is 3.45. The normalized spacial score (nSPS) is 18.5. The summed E-state index contributed by atoms with van der Waals surface area (Å²) >= 11 is 0. The zero-order chi connectivity index (χ0) is 10.7. The average Bonchev–Trinajstić information content (AvgIpc) is 2.15. The summed E-state index contributed by atoms with van der Waals surface area (Å²) in [5.41, 5.74) is 0.886. The summed E-state index contributed by atoms with van der Waals surface area (Å²) in [6, 6.07) is 7.18. The number of rotatable bonds is 4. The van der Waals surface area contributed by atoms with Gasteiger partial charge in [0.2, 0.25) is 0 Å². The zero-order valence-electron chi connectivity index (χ0n) is 9.17. The Morgan fingerprint density at radius 1 is 1.40 bits per heavy atom. The standard InChI is InChI=1S/C13H18FN/c1-15-9-12(10-5-4-6-10)11-7-2-3-8-13(11)14/h2-3,7-8,10,12,15H,4-6,9H2,1H3. The molecule has 1 saturated carbocycles. The maximum absolute atomic E-state index is 13.7. The molecule has 82 valence electrons. The summed E-state index contributed by atoms with van der Waals surface area (Å²) in [7, 11) is 1.94. The number of halogens is 1. The quantitative estimate of drug-likeness (QED) is 0.800. The van der Waals surface area contributed by atoms with E-state index in [1.54, 1.807) is 12.1 Å². The molecule has 1 fully saturated rings. The lowest BCUT2D eigenvalue weighted by Crippen LogP contribution is -2.29. The van der Waals surface area contributed by atoms with Crippen LogP contribution >= 0.6 is 0 Å². The van der Waals surface area contributed by atoms with E-state index < -0.39 is 0 Å². The second kappa shape index (κ2) is 4.75. The van der Waals surface area contributed by atoms with E-state index in [4.69, 9.17) is 0 Å². The third kappa shape index (κ3) is 2.20. The monoisotopic (exact) mass is 207 g/mol. The van der Waals surface area contributed by atoms with Gasteiger partial charge in [0.15, 0.2) is 0 Å². The van der Waals surface area contributed by atoms with Gasteiger partial charge in [0, 0.05) is 12.5 Å². The molecule has 0 spiro atoms. The molecule has 1 aromatic rings. The third-order valence-electron chi connectivity index (χ3n) is 3.45. The van der Waals surface area contributed by atoms with Crippen molar-refractivity contribution in [3.05, 3.63) is 35.6 Å². The summed E-state index contributed by atoms with van der Waals surface area (Å²) in [5.74, 6) is 0.976. The van der Waals surface area contributed by atoms with Crippen molar-refractivity contribution < 1.29 is 4.39 Å². The van der Waals surface area contributed by atoms with Crippen molar-refractivity contribution in [1.29, 1.82) is 0 Å². The summed E-state index contributed by atoms with van der Waals surface area (Å²) in [6.07, 6.45) is 3.81. The number of hydrogen-bond acceptors (Lipinski definition) is 1. The van der Waals surface area contributed by atoms with E-state index in [1.165, 1.54) is 19.3 Å². The minimum Gasteiger partial charge on any atom is -0.319 e. The van der Waals surface area contributed by atoms with Crippen molar-refractivity contribution in [3.63, 3.8) is 0 Å². The summed E-state index contributed by atoms with van der Waals surface area (Å²) < 4.78 is 13.7. The van der Waals surface area contributed by atoms with Crippen molar-refractivity contribution in [2.45, 2.75) is 25.2 Å². The topological polar surface area (TPSA) is 12.0 Å². The van der Waals surface area contributed by atoms with Gasteiger partial charge in [-0.15, -0.1) is 0 Å². The Morgan fingerprint density at radius 2 is 2.13 bits per heavy atom. The molecule has 1 aliphatic carbocycles. The molecule has 0 aromatic heterocycles. The summed E-state index contributed by atoms with van der Waals surface area (Å²) in [4.78, 5) is 0. The lowest BCUT2D eigenvalue weighted by atomic mass is 9.73. The molecule has 15 heavy (non-hydrogen) atoms. The van der Waals surface area contributed by atoms with Crippen molar-refractivity contribution in [2.24, 2.45) is 5.92 Å². The van der Waals surface area contributed by atoms with Crippen LogP contribution in [0.1, 0.15) is 30.7 Å². The SMILES string of the molecule is CNCC(c1ccccc1F)C1CCC1. The van der Waals surface area contributed by atoms with Gasteiger partial charge in [0.25, 0.3) is 0 Å². The van der Waals surface area contributed by atoms with Gasteiger partial charge in [-0.2, -0.15) is 0 Å². The van der Waals surface area contributed by atoms with Gasteiger partial charge in [-0.25, -0.2) is 4.39 Å². The van der Waals surface area contributed by atoms with Crippen LogP contribution in [0, 0.1) is 11.7 Å². The fourth-order valence-corrected chi connectivity index (χ4v) is 2.37. The first-order valence-corrected chi connectivity index (χ1v) is 5.72. The summed E-state index contributed by atoms with van der Waals surface area (Å²) in [5, 5.41) is 3.18. The van der Waals surface area contributed by atoms with Crippen LogP contribution in [0.15, 0.2) is 24.3 Å². The van der Waals surface area contributed by atoms with E-state index in [-0.39, 0.29) is 5.82 Å². The van der Waals surface area contributed by atoms with Crippen LogP contribution in [0.3, 0.4) is 0 Å². The lowest BCUT2D eigenvalue weighted by Gasteiger charge is -2.34. The molecule has 1 aromatic carbocycles. The number of likely N-dealkylation sites (N-methyl/N-ethyl adjacent to an activating group) is 1. The Morgan fingerprint density at radius 3 is 2.67 bits per heavy atom. The van der Waals surface area contributed by atoms with Crippen LogP contribution in [-0.2, 0) is 0 Å². The van der Waals surface area contributed by atoms with Crippen LogP contribution in [0.5, 0.6) is 0 Å². The van der Waals surface area contributed by atoms with Crippen molar-refractivity contribution >= 4 is 0 Å². The fraction of sp³-hybridized carbons (Fsp3) is 0.538. The first kappa shape index (κ1) is 10.6. The molecule has 0 heterocycles. The molecule has 0 saturated heterocycles. The summed E-state index contributed by atoms with van der Waals surface area (Å²) in [6.45, 7) is 0.881. The Balaban J connectivity index is 2.19. The van der Waals surface area contributed by atoms with E-state index in [9.17, 15) is 4.39 Å². The van der Waals surface area contributed by atoms with Gasteiger partial charge in [0.05, 0.1) is 0 Å². The highest BCUT2D eigenvalue weighted by molar-refractivity contribution is 5.23. The van der Waals surface area contributed by atoms with E-state index >= 15 is 0 Å². The molecular weight excluding hydrogens is 189 g/mol. The number of nitrogens with one attached hydrogen (secondary N) is 1. The first-order valence-electron chi connectivity index (χ1n) is 5.72. The molecule has 2 rings (SSSR count). The van der Waals surface area contributed by atoms with Gasteiger partial charge in [-0.3, -0.25) is 0 Å². The predicted molar refractivity (Wildman–Crippen MR) is 60.4 cm³/mol. The van der Waals surface area contributed by atoms with Crippen LogP contribution in [0.4, 0.5) is 4.39 Å².